The Labute approximate surface area is 275 Å². The van der Waals surface area contributed by atoms with Crippen molar-refractivity contribution in [2.75, 3.05) is 0 Å². The molecule has 0 bridgehead atoms. The van der Waals surface area contributed by atoms with Gasteiger partial charge in [0.2, 0.25) is 0 Å². The van der Waals surface area contributed by atoms with E-state index < -0.39 is 0 Å². The highest BCUT2D eigenvalue weighted by Gasteiger charge is 2.20. The Hall–Kier alpha value is -4.35. The number of nitrogens with zero attached hydrogens (tertiary/aromatic N) is 4. The lowest BCUT2D eigenvalue weighted by Crippen LogP contribution is -2.12. The van der Waals surface area contributed by atoms with Gasteiger partial charge in [0.25, 0.3) is 0 Å². The second-order valence-corrected chi connectivity index (χ2v) is 13.1. The monoisotopic (exact) mass is 644 g/mol. The maximum atomic E-state index is 6.74. The van der Waals surface area contributed by atoms with Gasteiger partial charge in [-0.1, -0.05) is 128 Å². The van der Waals surface area contributed by atoms with Gasteiger partial charge >= 0.3 is 0 Å². The van der Waals surface area contributed by atoms with Crippen LogP contribution in [-0.2, 0) is 5.41 Å². The molecule has 0 radical (unpaired) electrons. The minimum Gasteiger partial charge on any atom is -0.236 e. The summed E-state index contributed by atoms with van der Waals surface area (Å²) in [5.74, 6) is 0. The van der Waals surface area contributed by atoms with E-state index in [-0.39, 0.29) is 5.41 Å². The molecule has 0 unspecified atom stereocenters. The van der Waals surface area contributed by atoms with Crippen molar-refractivity contribution in [1.29, 1.82) is 0 Å². The maximum absolute atomic E-state index is 6.74. The normalized spacial score (nSPS) is 11.8. The molecule has 8 aromatic rings. The third-order valence-electron chi connectivity index (χ3n) is 8.07. The van der Waals surface area contributed by atoms with Crippen LogP contribution in [0.3, 0.4) is 0 Å². The predicted molar refractivity (Wildman–Crippen MR) is 191 cm³/mol. The number of fused-ring (bicyclic) bond motifs is 5. The molecule has 2 heterocycles. The second kappa shape index (κ2) is 11.5. The van der Waals surface area contributed by atoms with E-state index in [0.29, 0.717) is 20.7 Å². The highest BCUT2D eigenvalue weighted by molar-refractivity contribution is 6.42. The maximum Gasteiger partial charge on any atom is 0.140 e. The topological polar surface area (TPSA) is 51.6 Å². The molecule has 0 fully saturated rings. The summed E-state index contributed by atoms with van der Waals surface area (Å²) in [5.41, 5.74) is 4.82. The van der Waals surface area contributed by atoms with Crippen molar-refractivity contribution in [2.24, 2.45) is 0 Å². The Morgan fingerprint density at radius 1 is 0.489 bits per heavy atom. The van der Waals surface area contributed by atoms with E-state index in [1.54, 1.807) is 6.33 Å². The van der Waals surface area contributed by atoms with E-state index in [9.17, 15) is 0 Å². The minimum atomic E-state index is 0.0167. The van der Waals surface area contributed by atoms with E-state index in [2.05, 4.69) is 89.2 Å². The standard InChI is InChI=1S/C26H21ClN2.C12H6Cl2N2/c1-26(2,3)22-14-18(12-16-8-4-6-10-19(16)22)24-21-13-17-9-5-7-11-20(17)23(27)25(21)29-15-28-24;13-10-8-4-2-1-3-7(8)5-9-11(10)15-6-16-12(9)14/h4-15H,1-3H3;1-6H. The minimum absolute atomic E-state index is 0.0167. The molecule has 45 heavy (non-hydrogen) atoms. The van der Waals surface area contributed by atoms with Crippen molar-refractivity contribution < 1.29 is 0 Å². The van der Waals surface area contributed by atoms with Crippen molar-refractivity contribution in [3.05, 3.63) is 130 Å². The van der Waals surface area contributed by atoms with Gasteiger partial charge in [-0.3, -0.25) is 0 Å². The first-order valence-electron chi connectivity index (χ1n) is 14.5. The van der Waals surface area contributed by atoms with Crippen molar-refractivity contribution in [1.82, 2.24) is 19.9 Å². The highest BCUT2D eigenvalue weighted by Crippen LogP contribution is 2.39. The van der Waals surface area contributed by atoms with Gasteiger partial charge in [-0.25, -0.2) is 19.9 Å². The molecule has 4 nitrogen and oxygen atoms in total. The van der Waals surface area contributed by atoms with E-state index in [4.69, 9.17) is 34.8 Å². The predicted octanol–water partition coefficient (Wildman–Crippen LogP) is 11.6. The molecular weight excluding hydrogens is 619 g/mol. The largest absolute Gasteiger partial charge is 0.236 e. The molecule has 0 spiro atoms. The van der Waals surface area contributed by atoms with Crippen molar-refractivity contribution in [3.63, 3.8) is 0 Å². The fourth-order valence-corrected chi connectivity index (χ4v) is 6.73. The van der Waals surface area contributed by atoms with E-state index >= 15 is 0 Å². The van der Waals surface area contributed by atoms with Crippen LogP contribution in [0.1, 0.15) is 26.3 Å². The molecule has 8 rings (SSSR count). The molecule has 0 aliphatic heterocycles. The van der Waals surface area contributed by atoms with Crippen molar-refractivity contribution in [3.8, 4) is 11.3 Å². The Bertz CT molecular complexity index is 2420. The molecule has 220 valence electrons. The van der Waals surface area contributed by atoms with Gasteiger partial charge in [0.15, 0.2) is 0 Å². The van der Waals surface area contributed by atoms with Crippen LogP contribution >= 0.6 is 34.8 Å². The van der Waals surface area contributed by atoms with Gasteiger partial charge in [-0.2, -0.15) is 0 Å². The molecule has 6 aromatic carbocycles. The molecule has 0 aliphatic rings. The van der Waals surface area contributed by atoms with Crippen LogP contribution in [0.4, 0.5) is 0 Å². The first kappa shape index (κ1) is 29.4. The summed E-state index contributed by atoms with van der Waals surface area (Å²) in [7, 11) is 0. The quantitative estimate of drug-likeness (QED) is 0.132. The molecule has 0 amide bonds. The number of hydrogen-bond acceptors (Lipinski definition) is 4. The first-order chi connectivity index (χ1) is 21.7. The smallest absolute Gasteiger partial charge is 0.140 e. The van der Waals surface area contributed by atoms with Crippen LogP contribution in [0.5, 0.6) is 0 Å². The van der Waals surface area contributed by atoms with E-state index in [1.165, 1.54) is 22.7 Å². The van der Waals surface area contributed by atoms with Crippen LogP contribution in [0.25, 0.3) is 65.4 Å². The summed E-state index contributed by atoms with van der Waals surface area (Å²) >= 11 is 19.1. The van der Waals surface area contributed by atoms with Crippen molar-refractivity contribution >= 4 is 88.9 Å². The molecule has 7 heteroatoms. The molecule has 0 atom stereocenters. The zero-order chi connectivity index (χ0) is 31.3. The first-order valence-corrected chi connectivity index (χ1v) is 15.7. The van der Waals surface area contributed by atoms with E-state index in [0.717, 1.165) is 49.1 Å². The third kappa shape index (κ3) is 5.33. The van der Waals surface area contributed by atoms with Crippen molar-refractivity contribution in [2.45, 2.75) is 26.2 Å². The Morgan fingerprint density at radius 2 is 0.978 bits per heavy atom. The van der Waals surface area contributed by atoms with Gasteiger partial charge in [-0.05, 0) is 56.8 Å². The van der Waals surface area contributed by atoms with Gasteiger partial charge in [0.05, 0.1) is 26.8 Å². The molecular formula is C38H27Cl3N4. The van der Waals surface area contributed by atoms with Gasteiger partial charge < -0.3 is 0 Å². The average Bonchev–Trinajstić information content (AvgIpc) is 3.05. The summed E-state index contributed by atoms with van der Waals surface area (Å²) in [5, 5.41) is 10.1. The van der Waals surface area contributed by atoms with Gasteiger partial charge in [0.1, 0.15) is 17.8 Å². The summed E-state index contributed by atoms with van der Waals surface area (Å²) in [4.78, 5) is 17.3. The fourth-order valence-electron chi connectivity index (χ4n) is 5.89. The lowest BCUT2D eigenvalue weighted by atomic mass is 9.82. The summed E-state index contributed by atoms with van der Waals surface area (Å²) in [6.45, 7) is 6.75. The van der Waals surface area contributed by atoms with Crippen LogP contribution in [0.2, 0.25) is 15.2 Å². The third-order valence-corrected chi connectivity index (χ3v) is 9.14. The zero-order valence-corrected chi connectivity index (χ0v) is 27.1. The number of benzene rings is 6. The van der Waals surface area contributed by atoms with Crippen LogP contribution < -0.4 is 0 Å². The molecule has 0 aliphatic carbocycles. The average molecular weight is 646 g/mol. The Balaban J connectivity index is 0.000000171. The summed E-state index contributed by atoms with van der Waals surface area (Å²) in [6, 6.07) is 33.2. The second-order valence-electron chi connectivity index (χ2n) is 12.0. The van der Waals surface area contributed by atoms with Gasteiger partial charge in [-0.15, -0.1) is 0 Å². The highest BCUT2D eigenvalue weighted by atomic mass is 35.5. The van der Waals surface area contributed by atoms with Gasteiger partial charge in [0, 0.05) is 27.1 Å². The number of rotatable bonds is 1. The SMILES string of the molecule is CC(C)(C)c1cc(-c2ncnc3c(Cl)c4ccccc4cc23)cc2ccccc12.Clc1ncnc2c(Cl)c3ccccc3cc12. The molecule has 0 N–H and O–H groups in total. The number of hydrogen-bond donors (Lipinski definition) is 0. The Morgan fingerprint density at radius 3 is 1.58 bits per heavy atom. The van der Waals surface area contributed by atoms with E-state index in [1.807, 2.05) is 48.5 Å². The number of halogens is 3. The molecule has 2 aromatic heterocycles. The zero-order valence-electron chi connectivity index (χ0n) is 24.8. The fraction of sp³-hybridized carbons (Fsp3) is 0.105. The summed E-state index contributed by atoms with van der Waals surface area (Å²) < 4.78 is 0. The molecule has 0 saturated carbocycles. The Kier molecular flexibility index (Phi) is 7.53. The molecule has 0 saturated heterocycles. The summed E-state index contributed by atoms with van der Waals surface area (Å²) in [6.07, 6.45) is 3.04. The van der Waals surface area contributed by atoms with Crippen LogP contribution in [0.15, 0.2) is 110 Å². The van der Waals surface area contributed by atoms with Crippen LogP contribution in [0, 0.1) is 0 Å². The lowest BCUT2D eigenvalue weighted by molar-refractivity contribution is 0.596. The van der Waals surface area contributed by atoms with Crippen LogP contribution in [-0.4, -0.2) is 19.9 Å². The lowest BCUT2D eigenvalue weighted by Gasteiger charge is -2.23. The number of aromatic nitrogens is 4.